The van der Waals surface area contributed by atoms with E-state index in [0.29, 0.717) is 11.5 Å². The van der Waals surface area contributed by atoms with Gasteiger partial charge in [-0.15, -0.1) is 0 Å². The second-order valence-corrected chi connectivity index (χ2v) is 7.14. The third-order valence-corrected chi connectivity index (χ3v) is 3.77. The third-order valence-electron chi connectivity index (χ3n) is 2.63. The number of rotatable bonds is 5. The molecule has 0 aliphatic heterocycles. The van der Waals surface area contributed by atoms with Gasteiger partial charge in [-0.25, -0.2) is 8.42 Å². The summed E-state index contributed by atoms with van der Waals surface area (Å²) < 4.78 is 22.3. The lowest BCUT2D eigenvalue weighted by Gasteiger charge is -2.22. The quantitative estimate of drug-likeness (QED) is 0.822. The summed E-state index contributed by atoms with van der Waals surface area (Å²) in [4.78, 5) is 2.18. The maximum atomic E-state index is 11.2. The second kappa shape index (κ2) is 5.67. The highest BCUT2D eigenvalue weighted by Gasteiger charge is 2.12. The number of nitrogens with zero attached hydrogens (tertiary/aromatic N) is 1. The van der Waals surface area contributed by atoms with Gasteiger partial charge >= 0.3 is 0 Å². The number of anilines is 1. The van der Waals surface area contributed by atoms with Gasteiger partial charge < -0.3 is 10.6 Å². The van der Waals surface area contributed by atoms with E-state index in [9.17, 15) is 8.42 Å². The molecule has 18 heavy (non-hydrogen) atoms. The number of nitrogens with two attached hydrogens (primary N) is 1. The van der Waals surface area contributed by atoms with Gasteiger partial charge in [-0.1, -0.05) is 23.8 Å². The third kappa shape index (κ3) is 4.27. The van der Waals surface area contributed by atoms with E-state index in [2.05, 4.69) is 0 Å². The molecule has 1 aromatic carbocycles. The van der Waals surface area contributed by atoms with Crippen molar-refractivity contribution in [1.29, 1.82) is 0 Å². The van der Waals surface area contributed by atoms with E-state index in [4.69, 9.17) is 18.0 Å². The van der Waals surface area contributed by atoms with E-state index < -0.39 is 9.84 Å². The highest BCUT2D eigenvalue weighted by molar-refractivity contribution is 7.90. The summed E-state index contributed by atoms with van der Waals surface area (Å²) in [5.74, 6) is 0.105. The van der Waals surface area contributed by atoms with Gasteiger partial charge in [0.05, 0.1) is 5.75 Å². The minimum Gasteiger partial charge on any atom is -0.389 e. The first-order valence-electron chi connectivity index (χ1n) is 5.50. The molecule has 0 amide bonds. The van der Waals surface area contributed by atoms with Gasteiger partial charge in [0.15, 0.2) is 0 Å². The van der Waals surface area contributed by atoms with Gasteiger partial charge in [-0.05, 0) is 19.1 Å². The van der Waals surface area contributed by atoms with Crippen molar-refractivity contribution in [2.24, 2.45) is 5.73 Å². The minimum absolute atomic E-state index is 0.105. The predicted octanol–water partition coefficient (Wildman–Crippen LogP) is 1.11. The first-order chi connectivity index (χ1) is 8.20. The lowest BCUT2D eigenvalue weighted by Crippen LogP contribution is -2.27. The zero-order chi connectivity index (χ0) is 13.9. The van der Waals surface area contributed by atoms with Crippen LogP contribution >= 0.6 is 12.2 Å². The van der Waals surface area contributed by atoms with Crippen LogP contribution in [0.2, 0.25) is 0 Å². The number of benzene rings is 1. The van der Waals surface area contributed by atoms with Crippen LogP contribution in [0.3, 0.4) is 0 Å². The molecule has 0 fully saturated rings. The molecule has 0 unspecified atom stereocenters. The lowest BCUT2D eigenvalue weighted by molar-refractivity contribution is 0.601. The average molecular weight is 286 g/mol. The summed E-state index contributed by atoms with van der Waals surface area (Å²) in [5, 5.41) is 0. The Morgan fingerprint density at radius 2 is 2.06 bits per heavy atom. The molecular weight excluding hydrogens is 268 g/mol. The molecule has 0 heterocycles. The van der Waals surface area contributed by atoms with Gasteiger partial charge in [-0.2, -0.15) is 0 Å². The Kier molecular flexibility index (Phi) is 4.70. The van der Waals surface area contributed by atoms with Gasteiger partial charge in [0.1, 0.15) is 14.8 Å². The summed E-state index contributed by atoms with van der Waals surface area (Å²) in [6.45, 7) is 2.37. The summed E-state index contributed by atoms with van der Waals surface area (Å²) in [6, 6.07) is 5.77. The van der Waals surface area contributed by atoms with Gasteiger partial charge in [0, 0.05) is 31.1 Å². The number of hydrogen-bond donors (Lipinski definition) is 1. The molecule has 1 aromatic rings. The van der Waals surface area contributed by atoms with E-state index in [-0.39, 0.29) is 5.75 Å². The Hall–Kier alpha value is -1.14. The van der Waals surface area contributed by atoms with Gasteiger partial charge in [0.2, 0.25) is 0 Å². The second-order valence-electron chi connectivity index (χ2n) is 4.44. The van der Waals surface area contributed by atoms with Crippen molar-refractivity contribution < 1.29 is 8.42 Å². The zero-order valence-corrected chi connectivity index (χ0v) is 12.4. The van der Waals surface area contributed by atoms with Crippen LogP contribution in [0, 0.1) is 6.92 Å². The number of hydrogen-bond acceptors (Lipinski definition) is 4. The Morgan fingerprint density at radius 3 is 2.56 bits per heavy atom. The molecule has 0 aliphatic carbocycles. The Morgan fingerprint density at radius 1 is 1.44 bits per heavy atom. The molecule has 0 aromatic heterocycles. The highest BCUT2D eigenvalue weighted by atomic mass is 32.2. The molecule has 100 valence electrons. The number of aryl methyl sites for hydroxylation is 1. The molecule has 0 aliphatic rings. The van der Waals surface area contributed by atoms with E-state index in [1.165, 1.54) is 6.26 Å². The smallest absolute Gasteiger partial charge is 0.149 e. The van der Waals surface area contributed by atoms with Crippen molar-refractivity contribution in [1.82, 2.24) is 0 Å². The van der Waals surface area contributed by atoms with Crippen LogP contribution in [0.4, 0.5) is 5.69 Å². The van der Waals surface area contributed by atoms with E-state index >= 15 is 0 Å². The van der Waals surface area contributed by atoms with Crippen LogP contribution in [0.1, 0.15) is 11.1 Å². The van der Waals surface area contributed by atoms with Gasteiger partial charge in [-0.3, -0.25) is 0 Å². The first-order valence-corrected chi connectivity index (χ1v) is 7.97. The van der Waals surface area contributed by atoms with E-state index in [1.54, 1.807) is 0 Å². The lowest BCUT2D eigenvalue weighted by atomic mass is 10.1. The fourth-order valence-corrected chi connectivity index (χ4v) is 2.37. The van der Waals surface area contributed by atoms with Crippen LogP contribution in [-0.2, 0) is 9.84 Å². The summed E-state index contributed by atoms with van der Waals surface area (Å²) in [7, 11) is -1.14. The van der Waals surface area contributed by atoms with Crippen LogP contribution in [0.5, 0.6) is 0 Å². The van der Waals surface area contributed by atoms with Crippen LogP contribution in [0.15, 0.2) is 18.2 Å². The molecule has 0 bridgehead atoms. The zero-order valence-electron chi connectivity index (χ0n) is 10.8. The molecule has 0 spiro atoms. The van der Waals surface area contributed by atoms with Crippen LogP contribution in [-0.4, -0.2) is 39.0 Å². The Labute approximate surface area is 114 Å². The molecule has 0 saturated heterocycles. The largest absolute Gasteiger partial charge is 0.389 e. The fraction of sp³-hybridized carbons (Fsp3) is 0.417. The van der Waals surface area contributed by atoms with Crippen molar-refractivity contribution >= 4 is 32.7 Å². The molecule has 6 heteroatoms. The topological polar surface area (TPSA) is 63.4 Å². The van der Waals surface area contributed by atoms with Crippen molar-refractivity contribution in [3.8, 4) is 0 Å². The molecular formula is C12H18N2O2S2. The Balaban J connectivity index is 2.98. The highest BCUT2D eigenvalue weighted by Crippen LogP contribution is 2.20. The van der Waals surface area contributed by atoms with Crippen molar-refractivity contribution in [2.45, 2.75) is 6.92 Å². The minimum atomic E-state index is -2.97. The van der Waals surface area contributed by atoms with Crippen LogP contribution < -0.4 is 10.6 Å². The molecule has 0 radical (unpaired) electrons. The standard InChI is InChI=1S/C12H18N2O2S2/c1-9-4-5-11(10(8-9)12(13)17)14(2)6-7-18(3,15)16/h4-5,8H,6-7H2,1-3H3,(H2,13,17). The molecule has 2 N–H and O–H groups in total. The van der Waals surface area contributed by atoms with Crippen molar-refractivity contribution in [3.63, 3.8) is 0 Å². The fourth-order valence-electron chi connectivity index (χ4n) is 1.60. The van der Waals surface area contributed by atoms with Gasteiger partial charge in [0.25, 0.3) is 0 Å². The molecule has 0 saturated carbocycles. The summed E-state index contributed by atoms with van der Waals surface area (Å²) >= 11 is 5.02. The maximum absolute atomic E-state index is 11.2. The maximum Gasteiger partial charge on any atom is 0.149 e. The monoisotopic (exact) mass is 286 g/mol. The van der Waals surface area contributed by atoms with Crippen molar-refractivity contribution in [3.05, 3.63) is 29.3 Å². The van der Waals surface area contributed by atoms with Crippen molar-refractivity contribution in [2.75, 3.05) is 30.5 Å². The number of sulfone groups is 1. The SMILES string of the molecule is Cc1ccc(N(C)CCS(C)(=O)=O)c(C(N)=S)c1. The normalized spacial score (nSPS) is 11.3. The summed E-state index contributed by atoms with van der Waals surface area (Å²) in [6.07, 6.45) is 1.23. The molecule has 0 atom stereocenters. The first kappa shape index (κ1) is 14.9. The van der Waals surface area contributed by atoms with E-state index in [0.717, 1.165) is 16.8 Å². The Bertz CT molecular complexity index is 553. The molecule has 4 nitrogen and oxygen atoms in total. The summed E-state index contributed by atoms with van der Waals surface area (Å²) in [5.41, 5.74) is 8.39. The van der Waals surface area contributed by atoms with E-state index in [1.807, 2.05) is 37.1 Å². The average Bonchev–Trinajstić information content (AvgIpc) is 2.24. The van der Waals surface area contributed by atoms with Crippen LogP contribution in [0.25, 0.3) is 0 Å². The molecule has 1 rings (SSSR count). The predicted molar refractivity (Wildman–Crippen MR) is 80.0 cm³/mol. The number of thiocarbonyl (C=S) groups is 1.